The zero-order valence-corrected chi connectivity index (χ0v) is 15.5. The Labute approximate surface area is 147 Å². The van der Waals surface area contributed by atoms with Gasteiger partial charge in [0.25, 0.3) is 0 Å². The second-order valence-electron chi connectivity index (χ2n) is 6.74. The number of hydrogen-bond donors (Lipinski definition) is 2. The molecule has 0 fully saturated rings. The van der Waals surface area contributed by atoms with Crippen molar-refractivity contribution in [2.45, 2.75) is 46.7 Å². The van der Waals surface area contributed by atoms with Crippen LogP contribution in [-0.4, -0.2) is 35.5 Å². The molecule has 0 aliphatic heterocycles. The van der Waals surface area contributed by atoms with Gasteiger partial charge in [0.05, 0.1) is 12.1 Å². The second kappa shape index (κ2) is 7.70. The Morgan fingerprint density at radius 1 is 1.36 bits per heavy atom. The Bertz CT molecular complexity index is 839. The topological polar surface area (TPSA) is 82.8 Å². The largest absolute Gasteiger partial charge is 0.507 e. The lowest BCUT2D eigenvalue weighted by molar-refractivity contribution is -0.122. The number of benzene rings is 1. The van der Waals surface area contributed by atoms with Gasteiger partial charge < -0.3 is 14.8 Å². The normalized spacial score (nSPS) is 11.5. The third-order valence-corrected chi connectivity index (χ3v) is 4.06. The van der Waals surface area contributed by atoms with Crippen LogP contribution in [0.4, 0.5) is 0 Å². The maximum absolute atomic E-state index is 11.9. The molecule has 2 N–H and O–H groups in total. The van der Waals surface area contributed by atoms with Crippen molar-refractivity contribution < 1.29 is 14.3 Å². The number of amides is 1. The molecule has 6 nitrogen and oxygen atoms in total. The Morgan fingerprint density at radius 2 is 2.04 bits per heavy atom. The third-order valence-electron chi connectivity index (χ3n) is 4.06. The van der Waals surface area contributed by atoms with Crippen LogP contribution in [0.5, 0.6) is 5.75 Å². The molecule has 25 heavy (non-hydrogen) atoms. The van der Waals surface area contributed by atoms with Gasteiger partial charge in [-0.15, -0.1) is 0 Å². The molecule has 0 saturated heterocycles. The first-order chi connectivity index (χ1) is 11.7. The Morgan fingerprint density at radius 3 is 2.64 bits per heavy atom. The first-order valence-electron chi connectivity index (χ1n) is 8.49. The van der Waals surface area contributed by atoms with Gasteiger partial charge in [-0.1, -0.05) is 6.92 Å². The zero-order chi connectivity index (χ0) is 18.7. The van der Waals surface area contributed by atoms with Gasteiger partial charge in [-0.3, -0.25) is 9.69 Å². The molecule has 0 saturated carbocycles. The van der Waals surface area contributed by atoms with Crippen LogP contribution in [0.1, 0.15) is 37.5 Å². The number of phenolic OH excluding ortho intramolecular Hbond substituents is 1. The highest BCUT2D eigenvalue weighted by Gasteiger charge is 2.18. The van der Waals surface area contributed by atoms with Crippen molar-refractivity contribution in [1.29, 1.82) is 0 Å². The number of nitrogens with zero attached hydrogens (tertiary/aromatic N) is 1. The predicted octanol–water partition coefficient (Wildman–Crippen LogP) is 2.33. The summed E-state index contributed by atoms with van der Waals surface area (Å²) >= 11 is 0. The number of phenols is 1. The average Bonchev–Trinajstić information content (AvgIpc) is 2.49. The van der Waals surface area contributed by atoms with E-state index < -0.39 is 5.63 Å². The molecule has 0 spiro atoms. The molecule has 0 aliphatic rings. The molecule has 6 heteroatoms. The summed E-state index contributed by atoms with van der Waals surface area (Å²) in [6, 6.07) is 3.37. The van der Waals surface area contributed by atoms with Crippen LogP contribution < -0.4 is 10.9 Å². The first-order valence-corrected chi connectivity index (χ1v) is 8.49. The zero-order valence-electron chi connectivity index (χ0n) is 15.5. The van der Waals surface area contributed by atoms with E-state index in [-0.39, 0.29) is 24.2 Å². The van der Waals surface area contributed by atoms with Crippen LogP contribution in [0.25, 0.3) is 11.0 Å². The van der Waals surface area contributed by atoms with E-state index in [1.807, 2.05) is 33.8 Å². The Hall–Kier alpha value is -2.34. The summed E-state index contributed by atoms with van der Waals surface area (Å²) in [5.41, 5.74) is 2.07. The van der Waals surface area contributed by atoms with Gasteiger partial charge >= 0.3 is 5.63 Å². The average molecular weight is 346 g/mol. The summed E-state index contributed by atoms with van der Waals surface area (Å²) in [5.74, 6) is 0.0328. The lowest BCUT2D eigenvalue weighted by Crippen LogP contribution is -2.38. The fraction of sp³-hybridized carbons (Fsp3) is 0.474. The van der Waals surface area contributed by atoms with Gasteiger partial charge in [-0.05, 0) is 51.4 Å². The van der Waals surface area contributed by atoms with Gasteiger partial charge in [0, 0.05) is 24.0 Å². The number of rotatable bonds is 6. The van der Waals surface area contributed by atoms with Crippen LogP contribution >= 0.6 is 0 Å². The molecule has 136 valence electrons. The standard InChI is InChI=1S/C19H26N2O4/c1-6-13-8-14-12(4)7-17(23)25-19(14)15(18(13)24)9-21(5)10-16(22)20-11(2)3/h7-8,11,24H,6,9-10H2,1-5H3,(H,20,22). The monoisotopic (exact) mass is 346 g/mol. The molecule has 0 radical (unpaired) electrons. The van der Waals surface area contributed by atoms with Crippen LogP contribution in [0.2, 0.25) is 0 Å². The van der Waals surface area contributed by atoms with Crippen LogP contribution in [-0.2, 0) is 17.8 Å². The number of hydrogen-bond acceptors (Lipinski definition) is 5. The number of nitrogens with one attached hydrogen (secondary N) is 1. The van der Waals surface area contributed by atoms with Crippen molar-refractivity contribution in [2.75, 3.05) is 13.6 Å². The van der Waals surface area contributed by atoms with E-state index >= 15 is 0 Å². The molecule has 1 amide bonds. The quantitative estimate of drug-likeness (QED) is 0.785. The maximum atomic E-state index is 11.9. The number of likely N-dealkylation sites (N-methyl/N-ethyl adjacent to an activating group) is 1. The number of carbonyl (C=O) groups excluding carboxylic acids is 1. The predicted molar refractivity (Wildman–Crippen MR) is 97.9 cm³/mol. The number of aromatic hydroxyl groups is 1. The van der Waals surface area contributed by atoms with Gasteiger partial charge in [0.2, 0.25) is 5.91 Å². The van der Waals surface area contributed by atoms with Crippen LogP contribution in [0, 0.1) is 6.92 Å². The molecule has 0 aliphatic carbocycles. The minimum atomic E-state index is -0.449. The van der Waals surface area contributed by atoms with E-state index in [0.29, 0.717) is 24.1 Å². The van der Waals surface area contributed by atoms with Crippen LogP contribution in [0.3, 0.4) is 0 Å². The molecule has 1 aromatic heterocycles. The van der Waals surface area contributed by atoms with Crippen molar-refractivity contribution in [3.05, 3.63) is 39.2 Å². The Balaban J connectivity index is 2.43. The highest BCUT2D eigenvalue weighted by Crippen LogP contribution is 2.33. The van der Waals surface area contributed by atoms with Gasteiger partial charge in [-0.2, -0.15) is 0 Å². The molecule has 2 aromatic rings. The summed E-state index contributed by atoms with van der Waals surface area (Å²) < 4.78 is 5.38. The third kappa shape index (κ3) is 4.39. The van der Waals surface area contributed by atoms with Crippen molar-refractivity contribution in [2.24, 2.45) is 0 Å². The number of aryl methyl sites for hydroxylation is 2. The number of fused-ring (bicyclic) bond motifs is 1. The smallest absolute Gasteiger partial charge is 0.336 e. The van der Waals surface area contributed by atoms with E-state index in [2.05, 4.69) is 5.32 Å². The lowest BCUT2D eigenvalue weighted by Gasteiger charge is -2.20. The molecular formula is C19H26N2O4. The van der Waals surface area contributed by atoms with Crippen molar-refractivity contribution >= 4 is 16.9 Å². The van der Waals surface area contributed by atoms with Gasteiger partial charge in [0.1, 0.15) is 11.3 Å². The molecular weight excluding hydrogens is 320 g/mol. The SMILES string of the molecule is CCc1cc2c(C)cc(=O)oc2c(CN(C)CC(=O)NC(C)C)c1O. The summed E-state index contributed by atoms with van der Waals surface area (Å²) in [7, 11) is 1.79. The highest BCUT2D eigenvalue weighted by molar-refractivity contribution is 5.86. The second-order valence-corrected chi connectivity index (χ2v) is 6.74. The fourth-order valence-corrected chi connectivity index (χ4v) is 2.92. The fourth-order valence-electron chi connectivity index (χ4n) is 2.92. The van der Waals surface area contributed by atoms with E-state index in [0.717, 1.165) is 16.5 Å². The summed E-state index contributed by atoms with van der Waals surface area (Å²) in [6.45, 7) is 8.09. The van der Waals surface area contributed by atoms with Crippen molar-refractivity contribution in [3.8, 4) is 5.75 Å². The molecule has 1 heterocycles. The minimum absolute atomic E-state index is 0.0687. The van der Waals surface area contributed by atoms with Crippen LogP contribution in [0.15, 0.2) is 21.3 Å². The molecule has 0 unspecified atom stereocenters. The van der Waals surface area contributed by atoms with E-state index in [4.69, 9.17) is 4.42 Å². The van der Waals surface area contributed by atoms with Crippen molar-refractivity contribution in [1.82, 2.24) is 10.2 Å². The van der Waals surface area contributed by atoms with Gasteiger partial charge in [-0.25, -0.2) is 4.79 Å². The summed E-state index contributed by atoms with van der Waals surface area (Å²) in [4.78, 5) is 25.5. The molecule has 0 atom stereocenters. The molecule has 1 aromatic carbocycles. The highest BCUT2D eigenvalue weighted by atomic mass is 16.4. The Kier molecular flexibility index (Phi) is 5.85. The van der Waals surface area contributed by atoms with Gasteiger partial charge in [0.15, 0.2) is 0 Å². The van der Waals surface area contributed by atoms with E-state index in [1.165, 1.54) is 6.07 Å². The summed E-state index contributed by atoms with van der Waals surface area (Å²) in [5, 5.41) is 14.3. The van der Waals surface area contributed by atoms with E-state index in [1.54, 1.807) is 11.9 Å². The first kappa shape index (κ1) is 19.0. The molecule has 2 rings (SSSR count). The maximum Gasteiger partial charge on any atom is 0.336 e. The lowest BCUT2D eigenvalue weighted by atomic mass is 9.99. The summed E-state index contributed by atoms with van der Waals surface area (Å²) in [6.07, 6.45) is 0.658. The number of carbonyl (C=O) groups is 1. The van der Waals surface area contributed by atoms with Crippen molar-refractivity contribution in [3.63, 3.8) is 0 Å². The van der Waals surface area contributed by atoms with E-state index in [9.17, 15) is 14.7 Å². The molecule has 0 bridgehead atoms. The minimum Gasteiger partial charge on any atom is -0.507 e.